The molecule has 7 nitrogen and oxygen atoms in total. The fourth-order valence-electron chi connectivity index (χ4n) is 2.50. The molecular weight excluding hydrogens is 310 g/mol. The molecule has 1 aliphatic heterocycles. The number of hydrogen-bond acceptors (Lipinski definition) is 5. The van der Waals surface area contributed by atoms with Crippen LogP contribution in [0.2, 0.25) is 0 Å². The Labute approximate surface area is 141 Å². The van der Waals surface area contributed by atoms with Crippen molar-refractivity contribution in [3.63, 3.8) is 0 Å². The van der Waals surface area contributed by atoms with E-state index in [0.29, 0.717) is 37.2 Å². The Bertz CT molecular complexity index is 643. The summed E-state index contributed by atoms with van der Waals surface area (Å²) in [5.41, 5.74) is 2.06. The zero-order valence-corrected chi connectivity index (χ0v) is 14.5. The summed E-state index contributed by atoms with van der Waals surface area (Å²) in [5.74, 6) is -0.117. The van der Waals surface area contributed by atoms with Crippen molar-refractivity contribution in [2.45, 2.75) is 52.2 Å². The predicted octanol–water partition coefficient (Wildman–Crippen LogP) is 2.21. The average Bonchev–Trinajstić information content (AvgIpc) is 2.93. The number of carbonyl (C=O) groups is 2. The number of ether oxygens (including phenoxy) is 1. The maximum atomic E-state index is 12.4. The normalized spacial score (nSPS) is 14.2. The van der Waals surface area contributed by atoms with Crippen molar-refractivity contribution in [3.8, 4) is 0 Å². The van der Waals surface area contributed by atoms with Crippen molar-refractivity contribution < 1.29 is 19.4 Å². The lowest BCUT2D eigenvalue weighted by Gasteiger charge is -2.30. The molecule has 2 N–H and O–H groups in total. The number of nitrogens with one attached hydrogen (secondary N) is 1. The van der Waals surface area contributed by atoms with E-state index < -0.39 is 5.60 Å². The van der Waals surface area contributed by atoms with Gasteiger partial charge in [-0.05, 0) is 27.2 Å². The van der Waals surface area contributed by atoms with E-state index in [1.54, 1.807) is 4.90 Å². The summed E-state index contributed by atoms with van der Waals surface area (Å²) in [5, 5.41) is 16.0. The smallest absolute Gasteiger partial charge is 0.410 e. The maximum Gasteiger partial charge on any atom is 0.410 e. The van der Waals surface area contributed by atoms with Gasteiger partial charge < -0.3 is 14.7 Å². The summed E-state index contributed by atoms with van der Waals surface area (Å²) in [6, 6.07) is 0. The third-order valence-corrected chi connectivity index (χ3v) is 3.78. The summed E-state index contributed by atoms with van der Waals surface area (Å²) in [6.45, 7) is 9.85. The number of aliphatic hydroxyl groups excluding tert-OH is 1. The number of fused-ring (bicyclic) bond motifs is 1. The van der Waals surface area contributed by atoms with Gasteiger partial charge in [0.1, 0.15) is 11.3 Å². The highest BCUT2D eigenvalue weighted by atomic mass is 16.6. The molecule has 0 bridgehead atoms. The van der Waals surface area contributed by atoms with Gasteiger partial charge in [-0.3, -0.25) is 9.89 Å². The van der Waals surface area contributed by atoms with Crippen LogP contribution in [0.5, 0.6) is 0 Å². The molecule has 1 aromatic heterocycles. The zero-order chi connectivity index (χ0) is 17.9. The molecule has 132 valence electrons. The summed E-state index contributed by atoms with van der Waals surface area (Å²) in [4.78, 5) is 26.2. The monoisotopic (exact) mass is 335 g/mol. The molecule has 0 aliphatic carbocycles. The number of H-pyrrole nitrogens is 1. The fraction of sp³-hybridized carbons (Fsp3) is 0.588. The highest BCUT2D eigenvalue weighted by Crippen LogP contribution is 2.23. The summed E-state index contributed by atoms with van der Waals surface area (Å²) >= 11 is 0. The number of nitrogens with zero attached hydrogens (tertiary/aromatic N) is 2. The fourth-order valence-corrected chi connectivity index (χ4v) is 2.50. The van der Waals surface area contributed by atoms with Crippen molar-refractivity contribution in [1.82, 2.24) is 15.1 Å². The summed E-state index contributed by atoms with van der Waals surface area (Å²) < 4.78 is 5.39. The van der Waals surface area contributed by atoms with E-state index >= 15 is 0 Å². The molecule has 0 spiro atoms. The Hall–Kier alpha value is -2.15. The Morgan fingerprint density at radius 2 is 2.08 bits per heavy atom. The van der Waals surface area contributed by atoms with E-state index in [9.17, 15) is 9.59 Å². The van der Waals surface area contributed by atoms with Crippen LogP contribution in [0.25, 0.3) is 0 Å². The third-order valence-electron chi connectivity index (χ3n) is 3.78. The number of aliphatic hydroxyl groups is 1. The molecule has 2 rings (SSSR count). The van der Waals surface area contributed by atoms with Gasteiger partial charge in [0, 0.05) is 30.6 Å². The van der Waals surface area contributed by atoms with Gasteiger partial charge in [0.05, 0.1) is 13.2 Å². The summed E-state index contributed by atoms with van der Waals surface area (Å²) in [7, 11) is 0. The standard InChI is InChI=1S/C17H25N3O4/c1-11(10-21)5-6-14(22)15-12-9-20(8-7-13(12)18-19-15)16(23)24-17(2,3)4/h21H,1,5-10H2,2-4H3,(H,18,19). The Morgan fingerprint density at radius 3 is 2.71 bits per heavy atom. The van der Waals surface area contributed by atoms with Gasteiger partial charge in [-0.2, -0.15) is 5.10 Å². The maximum absolute atomic E-state index is 12.4. The molecule has 0 unspecified atom stereocenters. The van der Waals surface area contributed by atoms with Crippen molar-refractivity contribution >= 4 is 11.9 Å². The van der Waals surface area contributed by atoms with Crippen molar-refractivity contribution in [1.29, 1.82) is 0 Å². The molecule has 7 heteroatoms. The molecule has 2 heterocycles. The van der Waals surface area contributed by atoms with Gasteiger partial charge in [-0.25, -0.2) is 4.79 Å². The largest absolute Gasteiger partial charge is 0.444 e. The van der Waals surface area contributed by atoms with Gasteiger partial charge in [0.25, 0.3) is 0 Å². The number of amides is 1. The molecule has 0 radical (unpaired) electrons. The van der Waals surface area contributed by atoms with Crippen LogP contribution < -0.4 is 0 Å². The van der Waals surface area contributed by atoms with Crippen molar-refractivity contribution in [3.05, 3.63) is 29.1 Å². The minimum absolute atomic E-state index is 0.117. The number of aromatic amines is 1. The van der Waals surface area contributed by atoms with Crippen molar-refractivity contribution in [2.24, 2.45) is 0 Å². The molecule has 0 saturated carbocycles. The molecule has 0 aromatic carbocycles. The highest BCUT2D eigenvalue weighted by Gasteiger charge is 2.30. The number of aromatic nitrogens is 2. The second-order valence-corrected chi connectivity index (χ2v) is 7.01. The number of carbonyl (C=O) groups excluding carboxylic acids is 2. The molecule has 1 amide bonds. The second-order valence-electron chi connectivity index (χ2n) is 7.01. The minimum Gasteiger partial charge on any atom is -0.444 e. The SMILES string of the molecule is C=C(CO)CCC(=O)c1n[nH]c2c1CN(C(=O)OC(C)(C)C)CC2. The lowest BCUT2D eigenvalue weighted by atomic mass is 10.0. The van der Waals surface area contributed by atoms with Gasteiger partial charge in [0.2, 0.25) is 0 Å². The number of hydrogen-bond donors (Lipinski definition) is 2. The van der Waals surface area contributed by atoms with Gasteiger partial charge >= 0.3 is 6.09 Å². The van der Waals surface area contributed by atoms with Gasteiger partial charge in [0.15, 0.2) is 5.78 Å². The first-order valence-electron chi connectivity index (χ1n) is 8.06. The van der Waals surface area contributed by atoms with E-state index in [4.69, 9.17) is 9.84 Å². The van der Waals surface area contributed by atoms with Gasteiger partial charge in [-0.15, -0.1) is 0 Å². The third kappa shape index (κ3) is 4.44. The first-order chi connectivity index (χ1) is 11.2. The van der Waals surface area contributed by atoms with Crippen LogP contribution in [0.3, 0.4) is 0 Å². The van der Waals surface area contributed by atoms with Crippen molar-refractivity contribution in [2.75, 3.05) is 13.2 Å². The predicted molar refractivity (Wildman–Crippen MR) is 88.7 cm³/mol. The first kappa shape index (κ1) is 18.2. The first-order valence-corrected chi connectivity index (χ1v) is 8.06. The molecule has 0 atom stereocenters. The lowest BCUT2D eigenvalue weighted by molar-refractivity contribution is 0.0222. The van der Waals surface area contributed by atoms with Crippen LogP contribution in [0, 0.1) is 0 Å². The van der Waals surface area contributed by atoms with E-state index in [2.05, 4.69) is 16.8 Å². The number of ketones is 1. The topological polar surface area (TPSA) is 95.5 Å². The average molecular weight is 335 g/mol. The zero-order valence-electron chi connectivity index (χ0n) is 14.5. The van der Waals surface area contributed by atoms with Crippen LogP contribution in [-0.2, 0) is 17.7 Å². The summed E-state index contributed by atoms with van der Waals surface area (Å²) in [6.07, 6.45) is 0.884. The van der Waals surface area contributed by atoms with Crippen LogP contribution in [0.1, 0.15) is 55.4 Å². The van der Waals surface area contributed by atoms with Crippen LogP contribution in [-0.4, -0.2) is 50.8 Å². The minimum atomic E-state index is -0.558. The Kier molecular flexibility index (Phi) is 5.43. The number of Topliss-reactive ketones (excluding diaryl/α,β-unsaturated/α-hetero) is 1. The molecule has 1 aromatic rings. The quantitative estimate of drug-likeness (QED) is 0.635. The van der Waals surface area contributed by atoms with E-state index in [1.165, 1.54) is 0 Å². The lowest BCUT2D eigenvalue weighted by Crippen LogP contribution is -2.40. The van der Waals surface area contributed by atoms with Crippen LogP contribution in [0.15, 0.2) is 12.2 Å². The van der Waals surface area contributed by atoms with Crippen LogP contribution in [0.4, 0.5) is 4.79 Å². The molecule has 0 fully saturated rings. The Morgan fingerprint density at radius 1 is 1.38 bits per heavy atom. The molecule has 24 heavy (non-hydrogen) atoms. The van der Waals surface area contributed by atoms with E-state index in [1.807, 2.05) is 20.8 Å². The number of rotatable bonds is 5. The molecular formula is C17H25N3O4. The van der Waals surface area contributed by atoms with E-state index in [-0.39, 0.29) is 24.9 Å². The Balaban J connectivity index is 2.07. The van der Waals surface area contributed by atoms with Gasteiger partial charge in [-0.1, -0.05) is 12.2 Å². The second kappa shape index (κ2) is 7.17. The molecule has 0 saturated heterocycles. The highest BCUT2D eigenvalue weighted by molar-refractivity contribution is 5.96. The van der Waals surface area contributed by atoms with E-state index in [0.717, 1.165) is 11.3 Å². The van der Waals surface area contributed by atoms with Crippen LogP contribution >= 0.6 is 0 Å². The molecule has 1 aliphatic rings.